The molecule has 0 saturated carbocycles. The third-order valence-corrected chi connectivity index (χ3v) is 3.90. The molecule has 0 amide bonds. The standard InChI is InChI=1S/C15H27BrO2/c1-3-4-5-6-7-8-9-10-11-12-13-14(16)15(17)18-2/h3,14H,1,4-13H2,2H3. The van der Waals surface area contributed by atoms with Crippen molar-refractivity contribution in [3.05, 3.63) is 12.7 Å². The van der Waals surface area contributed by atoms with Crippen molar-refractivity contribution in [1.29, 1.82) is 0 Å². The molecule has 0 spiro atoms. The van der Waals surface area contributed by atoms with Gasteiger partial charge in [-0.2, -0.15) is 0 Å². The van der Waals surface area contributed by atoms with Crippen LogP contribution in [0.15, 0.2) is 12.7 Å². The molecule has 1 unspecified atom stereocenters. The third-order valence-electron chi connectivity index (χ3n) is 3.07. The molecule has 0 aromatic heterocycles. The number of rotatable bonds is 12. The molecular weight excluding hydrogens is 292 g/mol. The van der Waals surface area contributed by atoms with Crippen LogP contribution < -0.4 is 0 Å². The molecule has 0 aromatic carbocycles. The van der Waals surface area contributed by atoms with Crippen LogP contribution in [0.3, 0.4) is 0 Å². The quantitative estimate of drug-likeness (QED) is 0.219. The van der Waals surface area contributed by atoms with E-state index in [0.717, 1.165) is 19.3 Å². The molecule has 3 heteroatoms. The SMILES string of the molecule is C=CCCCCCCCCCCC(Br)C(=O)OC. The van der Waals surface area contributed by atoms with Gasteiger partial charge in [0.2, 0.25) is 0 Å². The Morgan fingerprint density at radius 2 is 1.61 bits per heavy atom. The van der Waals surface area contributed by atoms with Crippen molar-refractivity contribution < 1.29 is 9.53 Å². The summed E-state index contributed by atoms with van der Waals surface area (Å²) in [6.07, 6.45) is 14.2. The van der Waals surface area contributed by atoms with Gasteiger partial charge < -0.3 is 4.74 Å². The van der Waals surface area contributed by atoms with Crippen LogP contribution in [0.5, 0.6) is 0 Å². The van der Waals surface area contributed by atoms with Crippen molar-refractivity contribution in [3.63, 3.8) is 0 Å². The molecule has 0 fully saturated rings. The van der Waals surface area contributed by atoms with Gasteiger partial charge in [0.25, 0.3) is 0 Å². The number of halogens is 1. The summed E-state index contributed by atoms with van der Waals surface area (Å²) < 4.78 is 4.66. The number of methoxy groups -OCH3 is 1. The van der Waals surface area contributed by atoms with Crippen LogP contribution in [0.25, 0.3) is 0 Å². The number of carbonyl (C=O) groups excluding carboxylic acids is 1. The molecule has 106 valence electrons. The summed E-state index contributed by atoms with van der Waals surface area (Å²) >= 11 is 3.34. The highest BCUT2D eigenvalue weighted by atomic mass is 79.9. The molecule has 0 aliphatic carbocycles. The highest BCUT2D eigenvalue weighted by Gasteiger charge is 2.13. The van der Waals surface area contributed by atoms with E-state index in [0.29, 0.717) is 0 Å². The predicted octanol–water partition coefficient (Wildman–Crippen LogP) is 5.01. The van der Waals surface area contributed by atoms with E-state index >= 15 is 0 Å². The Hall–Kier alpha value is -0.310. The van der Waals surface area contributed by atoms with Crippen LogP contribution in [0.2, 0.25) is 0 Å². The summed E-state index contributed by atoms with van der Waals surface area (Å²) in [5.41, 5.74) is 0. The van der Waals surface area contributed by atoms with Crippen LogP contribution in [0.1, 0.15) is 64.2 Å². The number of alkyl halides is 1. The van der Waals surface area contributed by atoms with E-state index in [-0.39, 0.29) is 10.8 Å². The van der Waals surface area contributed by atoms with Crippen molar-refractivity contribution >= 4 is 21.9 Å². The van der Waals surface area contributed by atoms with Crippen LogP contribution in [0, 0.1) is 0 Å². The van der Waals surface area contributed by atoms with Crippen LogP contribution in [-0.2, 0) is 9.53 Å². The molecule has 0 aliphatic rings. The van der Waals surface area contributed by atoms with E-state index in [1.807, 2.05) is 6.08 Å². The Labute approximate surface area is 120 Å². The zero-order valence-electron chi connectivity index (χ0n) is 11.6. The van der Waals surface area contributed by atoms with Gasteiger partial charge in [-0.05, 0) is 19.3 Å². The summed E-state index contributed by atoms with van der Waals surface area (Å²) in [5.74, 6) is -0.155. The maximum absolute atomic E-state index is 11.1. The molecule has 0 saturated heterocycles. The molecule has 0 aromatic rings. The highest BCUT2D eigenvalue weighted by molar-refractivity contribution is 9.10. The van der Waals surface area contributed by atoms with E-state index in [1.165, 1.54) is 52.1 Å². The van der Waals surface area contributed by atoms with Gasteiger partial charge in [0, 0.05) is 0 Å². The fourth-order valence-electron chi connectivity index (χ4n) is 1.92. The van der Waals surface area contributed by atoms with Gasteiger partial charge in [0.05, 0.1) is 7.11 Å². The second-order valence-corrected chi connectivity index (χ2v) is 5.79. The van der Waals surface area contributed by atoms with Crippen molar-refractivity contribution in [2.75, 3.05) is 7.11 Å². The minimum atomic E-state index is -0.155. The van der Waals surface area contributed by atoms with E-state index in [1.54, 1.807) is 0 Å². The van der Waals surface area contributed by atoms with Gasteiger partial charge in [-0.1, -0.05) is 67.0 Å². The first kappa shape index (κ1) is 17.7. The predicted molar refractivity (Wildman–Crippen MR) is 81.1 cm³/mol. The van der Waals surface area contributed by atoms with Crippen molar-refractivity contribution in [3.8, 4) is 0 Å². The number of carbonyl (C=O) groups is 1. The molecule has 1 atom stereocenters. The molecule has 0 radical (unpaired) electrons. The molecule has 0 bridgehead atoms. The molecule has 2 nitrogen and oxygen atoms in total. The van der Waals surface area contributed by atoms with Gasteiger partial charge in [-0.3, -0.25) is 4.79 Å². The van der Waals surface area contributed by atoms with E-state index in [4.69, 9.17) is 0 Å². The smallest absolute Gasteiger partial charge is 0.319 e. The van der Waals surface area contributed by atoms with E-state index in [9.17, 15) is 4.79 Å². The first-order chi connectivity index (χ1) is 8.72. The van der Waals surface area contributed by atoms with Gasteiger partial charge in [0.15, 0.2) is 0 Å². The molecule has 0 rings (SSSR count). The molecule has 0 aliphatic heterocycles. The molecule has 18 heavy (non-hydrogen) atoms. The Bertz CT molecular complexity index is 217. The van der Waals surface area contributed by atoms with Gasteiger partial charge in [0.1, 0.15) is 4.83 Å². The fraction of sp³-hybridized carbons (Fsp3) is 0.800. The summed E-state index contributed by atoms with van der Waals surface area (Å²) in [7, 11) is 1.43. The lowest BCUT2D eigenvalue weighted by atomic mass is 10.1. The minimum absolute atomic E-state index is 0.124. The van der Waals surface area contributed by atoms with Gasteiger partial charge in [-0.25, -0.2) is 0 Å². The minimum Gasteiger partial charge on any atom is -0.468 e. The summed E-state index contributed by atoms with van der Waals surface area (Å²) in [5, 5.41) is 0. The normalized spacial score (nSPS) is 12.1. The lowest BCUT2D eigenvalue weighted by molar-refractivity contribution is -0.139. The average molecular weight is 319 g/mol. The summed E-state index contributed by atoms with van der Waals surface area (Å²) in [4.78, 5) is 11.0. The molecular formula is C15H27BrO2. The number of esters is 1. The molecule has 0 N–H and O–H groups in total. The first-order valence-corrected chi connectivity index (χ1v) is 7.96. The van der Waals surface area contributed by atoms with Crippen molar-refractivity contribution in [2.24, 2.45) is 0 Å². The number of ether oxygens (including phenoxy) is 1. The topological polar surface area (TPSA) is 26.3 Å². The number of hydrogen-bond donors (Lipinski definition) is 0. The van der Waals surface area contributed by atoms with Crippen LogP contribution >= 0.6 is 15.9 Å². The third kappa shape index (κ3) is 10.8. The monoisotopic (exact) mass is 318 g/mol. The zero-order chi connectivity index (χ0) is 13.6. The lowest BCUT2D eigenvalue weighted by Gasteiger charge is -2.06. The Morgan fingerprint density at radius 1 is 1.11 bits per heavy atom. The number of allylic oxidation sites excluding steroid dienone is 1. The van der Waals surface area contributed by atoms with E-state index < -0.39 is 0 Å². The molecule has 0 heterocycles. The number of hydrogen-bond acceptors (Lipinski definition) is 2. The second kappa shape index (κ2) is 13.1. The van der Waals surface area contributed by atoms with Crippen molar-refractivity contribution in [1.82, 2.24) is 0 Å². The first-order valence-electron chi connectivity index (χ1n) is 7.05. The maximum atomic E-state index is 11.1. The van der Waals surface area contributed by atoms with E-state index in [2.05, 4.69) is 27.2 Å². The van der Waals surface area contributed by atoms with Crippen molar-refractivity contribution in [2.45, 2.75) is 69.0 Å². The highest BCUT2D eigenvalue weighted by Crippen LogP contribution is 2.15. The largest absolute Gasteiger partial charge is 0.468 e. The van der Waals surface area contributed by atoms with Crippen LogP contribution in [0.4, 0.5) is 0 Å². The van der Waals surface area contributed by atoms with Gasteiger partial charge in [-0.15, -0.1) is 6.58 Å². The Balaban J connectivity index is 3.16. The second-order valence-electron chi connectivity index (χ2n) is 4.69. The fourth-order valence-corrected chi connectivity index (χ4v) is 2.43. The maximum Gasteiger partial charge on any atom is 0.319 e. The van der Waals surface area contributed by atoms with Gasteiger partial charge >= 0.3 is 5.97 Å². The summed E-state index contributed by atoms with van der Waals surface area (Å²) in [6, 6.07) is 0. The Morgan fingerprint density at radius 3 is 2.11 bits per heavy atom. The lowest BCUT2D eigenvalue weighted by Crippen LogP contribution is -2.15. The average Bonchev–Trinajstić information content (AvgIpc) is 2.39. The van der Waals surface area contributed by atoms with Crippen LogP contribution in [-0.4, -0.2) is 17.9 Å². The Kier molecular flexibility index (Phi) is 12.9. The number of unbranched alkanes of at least 4 members (excludes halogenated alkanes) is 8. The summed E-state index contributed by atoms with van der Waals surface area (Å²) in [6.45, 7) is 3.72. The zero-order valence-corrected chi connectivity index (χ0v) is 13.2.